The number of amides is 4. The minimum atomic E-state index is -2.89. The van der Waals surface area contributed by atoms with Crippen LogP contribution in [-0.4, -0.2) is 94.1 Å². The maximum Gasteiger partial charge on any atom is 0.410 e. The number of ether oxygens (including phenoxy) is 3. The molecule has 3 aliphatic heterocycles. The number of fused-ring (bicyclic) bond motifs is 1. The summed E-state index contributed by atoms with van der Waals surface area (Å²) in [5, 5.41) is 9.88. The van der Waals surface area contributed by atoms with E-state index in [0.29, 0.717) is 35.6 Å². The highest BCUT2D eigenvalue weighted by Crippen LogP contribution is 2.36. The number of carbonyl (C=O) groups excluding carboxylic acids is 3. The lowest BCUT2D eigenvalue weighted by Crippen LogP contribution is -2.44. The normalized spacial score (nSPS) is 21.0. The lowest BCUT2D eigenvalue weighted by atomic mass is 10.0. The van der Waals surface area contributed by atoms with Crippen LogP contribution in [0.15, 0.2) is 42.7 Å². The van der Waals surface area contributed by atoms with Crippen LogP contribution in [0.1, 0.15) is 35.3 Å². The number of alkyl halides is 2. The van der Waals surface area contributed by atoms with E-state index in [1.165, 1.54) is 17.2 Å². The van der Waals surface area contributed by atoms with Crippen molar-refractivity contribution in [1.82, 2.24) is 35.2 Å². The zero-order valence-corrected chi connectivity index (χ0v) is 24.9. The van der Waals surface area contributed by atoms with Gasteiger partial charge >= 0.3 is 18.7 Å². The van der Waals surface area contributed by atoms with Crippen molar-refractivity contribution in [3.8, 4) is 22.9 Å². The molecule has 13 nitrogen and oxygen atoms in total. The summed E-state index contributed by atoms with van der Waals surface area (Å²) >= 11 is 5.99. The summed E-state index contributed by atoms with van der Waals surface area (Å²) in [6.45, 7) is -1.73. The summed E-state index contributed by atoms with van der Waals surface area (Å²) in [4.78, 5) is 45.3. The number of nitrogens with one attached hydrogen (secondary N) is 2. The number of carbonyl (C=O) groups is 3. The summed E-state index contributed by atoms with van der Waals surface area (Å²) in [5.74, 6) is -0.440. The topological polar surface area (TPSA) is 140 Å². The average molecular weight is 646 g/mol. The van der Waals surface area contributed by atoms with E-state index in [9.17, 15) is 23.2 Å². The van der Waals surface area contributed by atoms with E-state index in [1.807, 2.05) is 0 Å². The highest BCUT2D eigenvalue weighted by Gasteiger charge is 2.39. The second-order valence-electron chi connectivity index (χ2n) is 10.9. The Labute approximate surface area is 261 Å². The van der Waals surface area contributed by atoms with Crippen molar-refractivity contribution in [2.75, 3.05) is 33.4 Å². The Morgan fingerprint density at radius 1 is 1.27 bits per heavy atom. The van der Waals surface area contributed by atoms with Crippen LogP contribution in [0.4, 0.5) is 18.4 Å². The molecule has 3 saturated heterocycles. The molecule has 1 aromatic carbocycles. The molecular formula is C29H30ClF2N7O6. The number of urea groups is 1. The van der Waals surface area contributed by atoms with Crippen LogP contribution in [0.25, 0.3) is 11.3 Å². The van der Waals surface area contributed by atoms with Crippen LogP contribution >= 0.6 is 11.6 Å². The van der Waals surface area contributed by atoms with Crippen LogP contribution in [0.5, 0.6) is 11.6 Å². The van der Waals surface area contributed by atoms with E-state index in [-0.39, 0.29) is 78.5 Å². The van der Waals surface area contributed by atoms with E-state index in [2.05, 4.69) is 20.7 Å². The molecule has 0 spiro atoms. The summed E-state index contributed by atoms with van der Waals surface area (Å²) in [6.07, 6.45) is 2.55. The average Bonchev–Trinajstić information content (AvgIpc) is 3.75. The van der Waals surface area contributed by atoms with E-state index >= 15 is 0 Å². The van der Waals surface area contributed by atoms with Crippen LogP contribution in [0.2, 0.25) is 5.02 Å². The molecule has 2 aromatic heterocycles. The molecule has 0 radical (unpaired) electrons. The molecule has 3 aromatic rings. The van der Waals surface area contributed by atoms with Gasteiger partial charge in [-0.1, -0.05) is 23.7 Å². The Bertz CT molecular complexity index is 1590. The Morgan fingerprint density at radius 3 is 2.78 bits per heavy atom. The third-order valence-electron chi connectivity index (χ3n) is 8.00. The molecule has 4 amide bonds. The Kier molecular flexibility index (Phi) is 8.61. The quantitative estimate of drug-likeness (QED) is 0.340. The zero-order chi connectivity index (χ0) is 31.7. The molecule has 3 aliphatic rings. The number of aromatic nitrogens is 3. The lowest BCUT2D eigenvalue weighted by Gasteiger charge is -2.33. The van der Waals surface area contributed by atoms with Gasteiger partial charge in [-0.05, 0) is 17.7 Å². The van der Waals surface area contributed by atoms with Gasteiger partial charge in [0.1, 0.15) is 36.3 Å². The molecule has 6 rings (SSSR count). The summed E-state index contributed by atoms with van der Waals surface area (Å²) in [6, 6.07) is 7.68. The number of halogens is 3. The smallest absolute Gasteiger partial charge is 0.410 e. The number of rotatable bonds is 10. The van der Waals surface area contributed by atoms with Crippen molar-refractivity contribution in [3.63, 3.8) is 0 Å². The first kappa shape index (κ1) is 30.4. The van der Waals surface area contributed by atoms with Gasteiger partial charge in [-0.2, -0.15) is 13.9 Å². The molecule has 0 bridgehead atoms. The van der Waals surface area contributed by atoms with Gasteiger partial charge in [0.2, 0.25) is 5.88 Å². The van der Waals surface area contributed by atoms with E-state index in [0.717, 1.165) is 11.8 Å². The lowest BCUT2D eigenvalue weighted by molar-refractivity contribution is 0.0566. The number of nitrogens with zero attached hydrogens (tertiary/aromatic N) is 5. The standard InChI is InChI=1S/C29H30ClF2N7O6/c1-37-20(12-34-28(37)41)15-43-26-22(25(40)33-10-16-2-4-18(30)5-3-16)9-23(24(36-26)17-11-35-39(13-17)27(31)32)45-21-6-7-38-19(8-21)14-44-29(38)42/h2-5,9,11,13,19-21,27H,6-8,10,12,14-15H2,1H3,(H,33,40)(H,34,41)/t19-,20+,21-/m0/s1. The predicted octanol–water partition coefficient (Wildman–Crippen LogP) is 3.69. The molecule has 0 unspecified atom stereocenters. The third-order valence-corrected chi connectivity index (χ3v) is 8.25. The largest absolute Gasteiger partial charge is 0.488 e. The molecule has 2 N–H and O–H groups in total. The number of benzene rings is 1. The van der Waals surface area contributed by atoms with Gasteiger partial charge < -0.3 is 34.6 Å². The molecule has 5 heterocycles. The Hall–Kier alpha value is -4.66. The maximum absolute atomic E-state index is 13.6. The van der Waals surface area contributed by atoms with Crippen molar-refractivity contribution < 1.29 is 37.4 Å². The van der Waals surface area contributed by atoms with E-state index in [4.69, 9.17) is 25.8 Å². The second kappa shape index (κ2) is 12.8. The van der Waals surface area contributed by atoms with Crippen molar-refractivity contribution >= 4 is 29.6 Å². The molecule has 0 aliphatic carbocycles. The minimum Gasteiger partial charge on any atom is -0.488 e. The number of pyridine rings is 1. The van der Waals surface area contributed by atoms with Crippen molar-refractivity contribution in [1.29, 1.82) is 0 Å². The molecule has 3 atom stereocenters. The van der Waals surface area contributed by atoms with Gasteiger partial charge in [0, 0.05) is 62.4 Å². The maximum atomic E-state index is 13.6. The molecule has 0 saturated carbocycles. The fraction of sp³-hybridized carbons (Fsp3) is 0.414. The van der Waals surface area contributed by atoms with Crippen molar-refractivity contribution in [3.05, 3.63) is 58.9 Å². The van der Waals surface area contributed by atoms with E-state index < -0.39 is 12.5 Å². The first-order valence-electron chi connectivity index (χ1n) is 14.3. The Morgan fingerprint density at radius 2 is 2.07 bits per heavy atom. The number of likely N-dealkylation sites (N-methyl/N-ethyl adjacent to an activating group) is 1. The molecule has 238 valence electrons. The highest BCUT2D eigenvalue weighted by molar-refractivity contribution is 6.30. The Balaban J connectivity index is 1.34. The fourth-order valence-electron chi connectivity index (χ4n) is 5.42. The van der Waals surface area contributed by atoms with Gasteiger partial charge in [0.05, 0.1) is 18.3 Å². The molecule has 16 heteroatoms. The van der Waals surface area contributed by atoms with Crippen LogP contribution in [-0.2, 0) is 11.3 Å². The van der Waals surface area contributed by atoms with Crippen LogP contribution in [0.3, 0.4) is 0 Å². The predicted molar refractivity (Wildman–Crippen MR) is 155 cm³/mol. The first-order valence-corrected chi connectivity index (χ1v) is 14.7. The summed E-state index contributed by atoms with van der Waals surface area (Å²) < 4.78 is 45.0. The number of piperidine rings is 1. The SMILES string of the molecule is CN1C(=O)NC[C@@H]1COc1nc(-c2cnn(C(F)F)c2)c(O[C@H]2CCN3C(=O)OC[C@@H]3C2)cc1C(=O)NCc1ccc(Cl)cc1. The first-order chi connectivity index (χ1) is 21.7. The van der Waals surface area contributed by atoms with E-state index in [1.54, 1.807) is 36.2 Å². The fourth-order valence-corrected chi connectivity index (χ4v) is 5.55. The molecule has 45 heavy (non-hydrogen) atoms. The zero-order valence-electron chi connectivity index (χ0n) is 24.1. The number of hydrogen-bond acceptors (Lipinski definition) is 8. The number of hydrogen-bond donors (Lipinski definition) is 2. The second-order valence-corrected chi connectivity index (χ2v) is 11.4. The van der Waals surface area contributed by atoms with Gasteiger partial charge in [0.15, 0.2) is 0 Å². The number of cyclic esters (lactones) is 1. The van der Waals surface area contributed by atoms with Gasteiger partial charge in [0.25, 0.3) is 5.91 Å². The van der Waals surface area contributed by atoms with Crippen LogP contribution < -0.4 is 20.1 Å². The monoisotopic (exact) mass is 645 g/mol. The minimum absolute atomic E-state index is 0.00378. The van der Waals surface area contributed by atoms with Gasteiger partial charge in [-0.25, -0.2) is 19.3 Å². The summed E-state index contributed by atoms with van der Waals surface area (Å²) in [5.41, 5.74) is 1.20. The third kappa shape index (κ3) is 6.57. The van der Waals surface area contributed by atoms with Crippen molar-refractivity contribution in [2.45, 2.75) is 44.1 Å². The van der Waals surface area contributed by atoms with Gasteiger partial charge in [-0.15, -0.1) is 0 Å². The van der Waals surface area contributed by atoms with Crippen LogP contribution in [0, 0.1) is 0 Å². The summed E-state index contributed by atoms with van der Waals surface area (Å²) in [7, 11) is 1.62. The van der Waals surface area contributed by atoms with Crippen molar-refractivity contribution in [2.24, 2.45) is 0 Å². The van der Waals surface area contributed by atoms with Gasteiger partial charge in [-0.3, -0.25) is 4.79 Å². The molecular weight excluding hydrogens is 616 g/mol. The highest BCUT2D eigenvalue weighted by atomic mass is 35.5. The molecule has 3 fully saturated rings.